The Balaban J connectivity index is 2.69. The predicted octanol–water partition coefficient (Wildman–Crippen LogP) is 3.35. The molecule has 1 aromatic heterocycles. The topological polar surface area (TPSA) is 50.2 Å². The van der Waals surface area contributed by atoms with E-state index in [4.69, 9.17) is 5.11 Å². The van der Waals surface area contributed by atoms with Gasteiger partial charge in [0.1, 0.15) is 5.82 Å². The predicted molar refractivity (Wildman–Crippen MR) is 64.3 cm³/mol. The van der Waals surface area contributed by atoms with Crippen molar-refractivity contribution in [3.05, 3.63) is 52.5 Å². The lowest BCUT2D eigenvalue weighted by Crippen LogP contribution is -2.03. The van der Waals surface area contributed by atoms with Gasteiger partial charge in [0, 0.05) is 17.3 Å². The molecule has 0 amide bonds. The van der Waals surface area contributed by atoms with E-state index < -0.39 is 11.8 Å². The van der Waals surface area contributed by atoms with E-state index >= 15 is 0 Å². The molecule has 0 fully saturated rings. The van der Waals surface area contributed by atoms with Gasteiger partial charge in [-0.3, -0.25) is 0 Å². The number of rotatable bonds is 2. The molecule has 0 aliphatic carbocycles. The van der Waals surface area contributed by atoms with Gasteiger partial charge in [-0.15, -0.1) is 0 Å². The molecule has 0 saturated heterocycles. The fraction of sp³-hybridized carbons (Fsp3) is 0. The summed E-state index contributed by atoms with van der Waals surface area (Å²) in [5.41, 5.74) is 0.313. The lowest BCUT2D eigenvalue weighted by atomic mass is 10.0. The lowest BCUT2D eigenvalue weighted by molar-refractivity contribution is 0.0691. The number of pyridine rings is 1. The van der Waals surface area contributed by atoms with Gasteiger partial charge in [-0.05, 0) is 28.1 Å². The van der Waals surface area contributed by atoms with E-state index in [1.807, 2.05) is 0 Å². The molecule has 0 aliphatic heterocycles. The Kier molecular flexibility index (Phi) is 3.19. The van der Waals surface area contributed by atoms with E-state index in [0.717, 1.165) is 0 Å². The summed E-state index contributed by atoms with van der Waals surface area (Å²) in [4.78, 5) is 14.7. The van der Waals surface area contributed by atoms with Crippen molar-refractivity contribution >= 4 is 21.9 Å². The van der Waals surface area contributed by atoms with Crippen molar-refractivity contribution in [2.24, 2.45) is 0 Å². The van der Waals surface area contributed by atoms with Gasteiger partial charge < -0.3 is 5.11 Å². The maximum atomic E-state index is 13.9. The molecule has 1 aromatic carbocycles. The van der Waals surface area contributed by atoms with Gasteiger partial charge in [0.2, 0.25) is 0 Å². The molecule has 5 heteroatoms. The molecule has 2 rings (SSSR count). The Morgan fingerprint density at radius 1 is 1.24 bits per heavy atom. The van der Waals surface area contributed by atoms with Gasteiger partial charge in [0.05, 0.1) is 4.47 Å². The van der Waals surface area contributed by atoms with Crippen molar-refractivity contribution in [3.63, 3.8) is 0 Å². The van der Waals surface area contributed by atoms with Crippen LogP contribution >= 0.6 is 15.9 Å². The number of carboxylic acid groups (broad SMARTS) is 1. The van der Waals surface area contributed by atoms with Crippen molar-refractivity contribution < 1.29 is 14.3 Å². The highest BCUT2D eigenvalue weighted by Crippen LogP contribution is 2.29. The third kappa shape index (κ3) is 2.19. The Morgan fingerprint density at radius 3 is 2.65 bits per heavy atom. The fourth-order valence-electron chi connectivity index (χ4n) is 1.50. The van der Waals surface area contributed by atoms with Gasteiger partial charge in [0.15, 0.2) is 5.69 Å². The van der Waals surface area contributed by atoms with Gasteiger partial charge in [-0.2, -0.15) is 0 Å². The molecule has 2 aromatic rings. The van der Waals surface area contributed by atoms with E-state index in [-0.39, 0.29) is 21.3 Å². The molecular formula is C12H7BrFNO2. The van der Waals surface area contributed by atoms with Gasteiger partial charge in [0.25, 0.3) is 0 Å². The van der Waals surface area contributed by atoms with Crippen LogP contribution in [0, 0.1) is 5.82 Å². The van der Waals surface area contributed by atoms with E-state index in [2.05, 4.69) is 20.9 Å². The standard InChI is InChI=1S/C12H7BrFNO2/c13-9-5-1-3-7(10(9)14)8-4-2-6-15-11(8)12(16)17/h1-6H,(H,16,17). The molecule has 3 nitrogen and oxygen atoms in total. The summed E-state index contributed by atoms with van der Waals surface area (Å²) in [5, 5.41) is 8.99. The number of carboxylic acids is 1. The van der Waals surface area contributed by atoms with E-state index in [9.17, 15) is 9.18 Å². The third-order valence-corrected chi connectivity index (χ3v) is 2.86. The first-order chi connectivity index (χ1) is 8.11. The molecule has 1 heterocycles. The molecule has 0 unspecified atom stereocenters. The highest BCUT2D eigenvalue weighted by atomic mass is 79.9. The van der Waals surface area contributed by atoms with Crippen LogP contribution in [0.5, 0.6) is 0 Å². The molecule has 86 valence electrons. The van der Waals surface area contributed by atoms with Crippen molar-refractivity contribution in [1.29, 1.82) is 0 Å². The Labute approximate surface area is 105 Å². The summed E-state index contributed by atoms with van der Waals surface area (Å²) < 4.78 is 14.2. The molecule has 0 atom stereocenters. The number of carbonyl (C=O) groups is 1. The highest BCUT2D eigenvalue weighted by molar-refractivity contribution is 9.10. The SMILES string of the molecule is O=C(O)c1ncccc1-c1cccc(Br)c1F. The minimum Gasteiger partial charge on any atom is -0.476 e. The van der Waals surface area contributed by atoms with Gasteiger partial charge in [-0.1, -0.05) is 18.2 Å². The molecule has 0 bridgehead atoms. The monoisotopic (exact) mass is 295 g/mol. The van der Waals surface area contributed by atoms with E-state index in [0.29, 0.717) is 0 Å². The van der Waals surface area contributed by atoms with Crippen molar-refractivity contribution in [1.82, 2.24) is 4.98 Å². The second-order valence-corrected chi connectivity index (χ2v) is 4.16. The molecule has 17 heavy (non-hydrogen) atoms. The molecular weight excluding hydrogens is 289 g/mol. The van der Waals surface area contributed by atoms with Crippen LogP contribution in [0.1, 0.15) is 10.5 Å². The smallest absolute Gasteiger partial charge is 0.355 e. The maximum absolute atomic E-state index is 13.9. The van der Waals surface area contributed by atoms with Crippen LogP contribution < -0.4 is 0 Å². The fourth-order valence-corrected chi connectivity index (χ4v) is 1.87. The average Bonchev–Trinajstić information content (AvgIpc) is 2.33. The number of aromatic nitrogens is 1. The molecule has 0 saturated carbocycles. The van der Waals surface area contributed by atoms with E-state index in [1.165, 1.54) is 18.3 Å². The largest absolute Gasteiger partial charge is 0.476 e. The van der Waals surface area contributed by atoms with Crippen molar-refractivity contribution in [2.75, 3.05) is 0 Å². The summed E-state index contributed by atoms with van der Waals surface area (Å²) in [6.07, 6.45) is 1.36. The summed E-state index contributed by atoms with van der Waals surface area (Å²) in [7, 11) is 0. The van der Waals surface area contributed by atoms with Gasteiger partial charge in [-0.25, -0.2) is 14.2 Å². The number of hydrogen-bond acceptors (Lipinski definition) is 2. The molecule has 0 radical (unpaired) electrons. The van der Waals surface area contributed by atoms with Crippen LogP contribution in [0.2, 0.25) is 0 Å². The van der Waals surface area contributed by atoms with Crippen LogP contribution in [0.3, 0.4) is 0 Å². The van der Waals surface area contributed by atoms with Gasteiger partial charge >= 0.3 is 5.97 Å². The van der Waals surface area contributed by atoms with Crippen LogP contribution in [-0.2, 0) is 0 Å². The van der Waals surface area contributed by atoms with Crippen LogP contribution in [-0.4, -0.2) is 16.1 Å². The minimum atomic E-state index is -1.18. The summed E-state index contributed by atoms with van der Waals surface area (Å²) in [6, 6.07) is 7.81. The quantitative estimate of drug-likeness (QED) is 0.924. The van der Waals surface area contributed by atoms with Crippen molar-refractivity contribution in [2.45, 2.75) is 0 Å². The summed E-state index contributed by atoms with van der Waals surface area (Å²) in [5.74, 6) is -1.68. The number of hydrogen-bond donors (Lipinski definition) is 1. The minimum absolute atomic E-state index is 0.162. The Hall–Kier alpha value is -1.75. The second-order valence-electron chi connectivity index (χ2n) is 3.31. The number of halogens is 2. The maximum Gasteiger partial charge on any atom is 0.355 e. The zero-order chi connectivity index (χ0) is 12.4. The van der Waals surface area contributed by atoms with Crippen LogP contribution in [0.25, 0.3) is 11.1 Å². The number of nitrogens with zero attached hydrogens (tertiary/aromatic N) is 1. The number of benzene rings is 1. The number of aromatic carboxylic acids is 1. The first-order valence-electron chi connectivity index (χ1n) is 4.74. The summed E-state index contributed by atoms with van der Waals surface area (Å²) in [6.45, 7) is 0. The first kappa shape index (κ1) is 11.7. The second kappa shape index (κ2) is 4.63. The van der Waals surface area contributed by atoms with Crippen LogP contribution in [0.4, 0.5) is 4.39 Å². The van der Waals surface area contributed by atoms with Crippen LogP contribution in [0.15, 0.2) is 41.0 Å². The third-order valence-electron chi connectivity index (χ3n) is 2.25. The normalized spacial score (nSPS) is 10.2. The van der Waals surface area contributed by atoms with Crippen molar-refractivity contribution in [3.8, 4) is 11.1 Å². The molecule has 1 N–H and O–H groups in total. The zero-order valence-corrected chi connectivity index (χ0v) is 10.1. The summed E-state index contributed by atoms with van der Waals surface area (Å²) >= 11 is 3.06. The molecule has 0 aliphatic rings. The average molecular weight is 296 g/mol. The Morgan fingerprint density at radius 2 is 1.94 bits per heavy atom. The highest BCUT2D eigenvalue weighted by Gasteiger charge is 2.16. The Bertz CT molecular complexity index is 586. The van der Waals surface area contributed by atoms with E-state index in [1.54, 1.807) is 18.2 Å². The lowest BCUT2D eigenvalue weighted by Gasteiger charge is -2.07. The first-order valence-corrected chi connectivity index (χ1v) is 5.53. The molecule has 0 spiro atoms. The zero-order valence-electron chi connectivity index (χ0n) is 8.52.